The molecule has 0 amide bonds. The predicted octanol–water partition coefficient (Wildman–Crippen LogP) is 0.657. The van der Waals surface area contributed by atoms with E-state index in [2.05, 4.69) is 4.98 Å². The molecule has 31 heavy (non-hydrogen) atoms. The molecule has 0 aliphatic heterocycles. The monoisotopic (exact) mass is 446 g/mol. The van der Waals surface area contributed by atoms with E-state index < -0.39 is 23.3 Å². The molecule has 2 aromatic heterocycles. The lowest BCUT2D eigenvalue weighted by molar-refractivity contribution is 0.286. The Morgan fingerprint density at radius 1 is 1.32 bits per heavy atom. The second-order valence-electron chi connectivity index (χ2n) is 8.87. The van der Waals surface area contributed by atoms with E-state index in [9.17, 15) is 9.59 Å². The van der Waals surface area contributed by atoms with E-state index in [-0.39, 0.29) is 28.9 Å². The third-order valence-corrected chi connectivity index (χ3v) is 8.08. The summed E-state index contributed by atoms with van der Waals surface area (Å²) in [5, 5.41) is 0.340. The quantitative estimate of drug-likeness (QED) is 0.638. The van der Waals surface area contributed by atoms with Gasteiger partial charge in [0.25, 0.3) is 5.56 Å². The fourth-order valence-electron chi connectivity index (χ4n) is 5.15. The van der Waals surface area contributed by atoms with E-state index in [4.69, 9.17) is 16.2 Å². The van der Waals surface area contributed by atoms with E-state index in [0.29, 0.717) is 11.1 Å². The number of aromatic nitrogens is 2. The first-order chi connectivity index (χ1) is 14.8. The first kappa shape index (κ1) is 20.5. The van der Waals surface area contributed by atoms with Crippen molar-refractivity contribution in [1.82, 2.24) is 9.55 Å². The molecule has 2 aromatic rings. The lowest BCUT2D eigenvalue weighted by atomic mass is 9.82. The van der Waals surface area contributed by atoms with Crippen LogP contribution in [0.1, 0.15) is 65.8 Å². The Bertz CT molecular complexity index is 1290. The molecule has 1 fully saturated rings. The average molecular weight is 447 g/mol. The van der Waals surface area contributed by atoms with Gasteiger partial charge in [0.2, 0.25) is 0 Å². The number of fused-ring (bicyclic) bond motifs is 2. The minimum absolute atomic E-state index is 0.0101. The van der Waals surface area contributed by atoms with Gasteiger partial charge in [-0.1, -0.05) is 0 Å². The summed E-state index contributed by atoms with van der Waals surface area (Å²) in [6.07, 6.45) is 3.03. The van der Waals surface area contributed by atoms with Crippen LogP contribution in [0.4, 0.5) is 4.39 Å². The molecule has 5 rings (SSSR count). The Kier molecular flexibility index (Phi) is 4.86. The van der Waals surface area contributed by atoms with Crippen molar-refractivity contribution in [3.8, 4) is 0 Å². The number of aromatic amines is 1. The van der Waals surface area contributed by atoms with Crippen LogP contribution in [-0.2, 0) is 11.2 Å². The minimum atomic E-state index is -1.62. The van der Waals surface area contributed by atoms with Gasteiger partial charge in [0.1, 0.15) is 5.76 Å². The van der Waals surface area contributed by atoms with Gasteiger partial charge in [0.05, 0.1) is 29.3 Å². The second-order valence-corrected chi connectivity index (χ2v) is 10.0. The molecule has 1 saturated carbocycles. The molecular formula is C22H27FN4O3S. The number of rotatable bonds is 4. The molecule has 9 heteroatoms. The fraction of sp³-hybridized carbons (Fsp3) is 0.545. The van der Waals surface area contributed by atoms with Gasteiger partial charge in [0, 0.05) is 21.8 Å². The number of thiophene rings is 1. The molecule has 4 atom stereocenters. The first-order valence-corrected chi connectivity index (χ1v) is 11.6. The highest BCUT2D eigenvalue weighted by atomic mass is 32.1. The Hall–Kier alpha value is -2.39. The van der Waals surface area contributed by atoms with Crippen LogP contribution in [0.5, 0.6) is 0 Å². The van der Waals surface area contributed by atoms with Crippen molar-refractivity contribution in [1.29, 1.82) is 0 Å². The average Bonchev–Trinajstić information content (AvgIpc) is 3.46. The zero-order chi connectivity index (χ0) is 22.0. The standard InChI is InChI=1S/C22H27FN4O3S/c1-9(24)11-4-3-5-13-12(11)8-14(31-13)15-17(23)18(25)16-19(20(15)30-2)27(10-6-7-10)22(29)26-21(16)28/h8-11,15,17H,3-7,24-25H2,1-2H3,(H,26,28,29). The van der Waals surface area contributed by atoms with Crippen LogP contribution in [0.25, 0.3) is 11.5 Å². The molecule has 0 bridgehead atoms. The van der Waals surface area contributed by atoms with Crippen LogP contribution in [0.3, 0.4) is 0 Å². The van der Waals surface area contributed by atoms with Crippen LogP contribution in [0, 0.1) is 0 Å². The summed E-state index contributed by atoms with van der Waals surface area (Å²) in [4.78, 5) is 29.6. The highest BCUT2D eigenvalue weighted by molar-refractivity contribution is 7.12. The van der Waals surface area contributed by atoms with Crippen molar-refractivity contribution in [3.63, 3.8) is 0 Å². The van der Waals surface area contributed by atoms with Gasteiger partial charge in [-0.15, -0.1) is 11.3 Å². The number of halogens is 1. The number of H-pyrrole nitrogens is 1. The second kappa shape index (κ2) is 7.34. The highest BCUT2D eigenvalue weighted by Gasteiger charge is 2.40. The van der Waals surface area contributed by atoms with Crippen LogP contribution >= 0.6 is 11.3 Å². The predicted molar refractivity (Wildman–Crippen MR) is 118 cm³/mol. The molecule has 0 radical (unpaired) electrons. The lowest BCUT2D eigenvalue weighted by Gasteiger charge is -2.27. The van der Waals surface area contributed by atoms with E-state index in [1.54, 1.807) is 11.3 Å². The summed E-state index contributed by atoms with van der Waals surface area (Å²) in [7, 11) is 1.46. The van der Waals surface area contributed by atoms with Crippen molar-refractivity contribution < 1.29 is 9.13 Å². The maximum atomic E-state index is 15.8. The summed E-state index contributed by atoms with van der Waals surface area (Å²) in [5.41, 5.74) is 12.3. The zero-order valence-electron chi connectivity index (χ0n) is 17.6. The molecule has 5 N–H and O–H groups in total. The van der Waals surface area contributed by atoms with Crippen LogP contribution in [0.15, 0.2) is 15.7 Å². The van der Waals surface area contributed by atoms with Gasteiger partial charge in [-0.2, -0.15) is 0 Å². The van der Waals surface area contributed by atoms with Crippen molar-refractivity contribution in [2.24, 2.45) is 11.5 Å². The molecule has 0 aromatic carbocycles. The number of ether oxygens (including phenoxy) is 1. The molecule has 166 valence electrons. The summed E-state index contributed by atoms with van der Waals surface area (Å²) < 4.78 is 23.0. The first-order valence-electron chi connectivity index (χ1n) is 10.8. The smallest absolute Gasteiger partial charge is 0.329 e. The fourth-order valence-corrected chi connectivity index (χ4v) is 6.54. The number of nitrogens with one attached hydrogen (secondary N) is 1. The zero-order valence-corrected chi connectivity index (χ0v) is 18.4. The number of aryl methyl sites for hydroxylation is 1. The normalized spacial score (nSPS) is 26.4. The molecule has 3 aliphatic carbocycles. The Labute approximate surface area is 182 Å². The molecule has 4 unspecified atom stereocenters. The SMILES string of the molecule is COC1=c2c(c(=O)[nH]c(=O)n2C2CC2)=C(N)C(F)C1c1cc2c(s1)CCCC2C(C)N. The van der Waals surface area contributed by atoms with E-state index in [1.807, 2.05) is 13.0 Å². The third kappa shape index (κ3) is 3.09. The molecule has 0 spiro atoms. The van der Waals surface area contributed by atoms with Crippen LogP contribution in [0.2, 0.25) is 0 Å². The van der Waals surface area contributed by atoms with Crippen molar-refractivity contribution >= 4 is 22.8 Å². The van der Waals surface area contributed by atoms with Crippen LogP contribution < -0.4 is 33.3 Å². The summed E-state index contributed by atoms with van der Waals surface area (Å²) in [6, 6.07) is 2.01. The van der Waals surface area contributed by atoms with E-state index in [0.717, 1.165) is 37.0 Å². The molecule has 0 saturated heterocycles. The van der Waals surface area contributed by atoms with Crippen molar-refractivity contribution in [3.05, 3.63) is 52.8 Å². The van der Waals surface area contributed by atoms with E-state index >= 15 is 4.39 Å². The van der Waals surface area contributed by atoms with Gasteiger partial charge in [0.15, 0.2) is 6.17 Å². The molecule has 7 nitrogen and oxygen atoms in total. The number of alkyl halides is 1. The number of hydrogen-bond acceptors (Lipinski definition) is 6. The van der Waals surface area contributed by atoms with Gasteiger partial charge in [-0.3, -0.25) is 14.3 Å². The topological polar surface area (TPSA) is 116 Å². The number of hydrogen-bond donors (Lipinski definition) is 3. The highest BCUT2D eigenvalue weighted by Crippen LogP contribution is 2.45. The van der Waals surface area contributed by atoms with Crippen LogP contribution in [-0.4, -0.2) is 28.9 Å². The number of nitrogens with two attached hydrogens (primary N) is 2. The van der Waals surface area contributed by atoms with Gasteiger partial charge < -0.3 is 16.2 Å². The van der Waals surface area contributed by atoms with Gasteiger partial charge >= 0.3 is 5.69 Å². The van der Waals surface area contributed by atoms with E-state index in [1.165, 1.54) is 22.1 Å². The number of methoxy groups -OCH3 is 1. The Morgan fingerprint density at radius 2 is 2.06 bits per heavy atom. The van der Waals surface area contributed by atoms with Gasteiger partial charge in [-0.25, -0.2) is 9.18 Å². The third-order valence-electron chi connectivity index (χ3n) is 6.79. The minimum Gasteiger partial charge on any atom is -0.498 e. The lowest BCUT2D eigenvalue weighted by Crippen LogP contribution is -2.60. The molecule has 3 aliphatic rings. The summed E-state index contributed by atoms with van der Waals surface area (Å²) >= 11 is 1.56. The Balaban J connectivity index is 1.79. The summed E-state index contributed by atoms with van der Waals surface area (Å²) in [5.74, 6) is -0.265. The summed E-state index contributed by atoms with van der Waals surface area (Å²) in [6.45, 7) is 2.00. The molecular weight excluding hydrogens is 419 g/mol. The van der Waals surface area contributed by atoms with Gasteiger partial charge in [-0.05, 0) is 56.6 Å². The van der Waals surface area contributed by atoms with Crippen molar-refractivity contribution in [2.45, 2.75) is 69.1 Å². The Morgan fingerprint density at radius 3 is 2.71 bits per heavy atom. The maximum Gasteiger partial charge on any atom is 0.329 e. The number of nitrogens with zero attached hydrogens (tertiary/aromatic N) is 1. The molecule has 2 heterocycles. The van der Waals surface area contributed by atoms with Crippen molar-refractivity contribution in [2.75, 3.05) is 7.11 Å². The maximum absolute atomic E-state index is 15.8. The largest absolute Gasteiger partial charge is 0.498 e.